The molecule has 0 aliphatic heterocycles. The molecule has 140 valence electrons. The molecule has 1 aliphatic carbocycles. The number of rotatable bonds is 7. The van der Waals surface area contributed by atoms with Crippen LogP contribution in [0.3, 0.4) is 0 Å². The van der Waals surface area contributed by atoms with Crippen molar-refractivity contribution >= 4 is 33.1 Å². The van der Waals surface area contributed by atoms with Crippen molar-refractivity contribution in [3.63, 3.8) is 0 Å². The highest BCUT2D eigenvalue weighted by Gasteiger charge is 2.40. The van der Waals surface area contributed by atoms with Crippen LogP contribution in [0.25, 0.3) is 0 Å². The van der Waals surface area contributed by atoms with Crippen molar-refractivity contribution in [3.05, 3.63) is 50.4 Å². The standard InChI is InChI=1S/C18H19BrN6OS/c1-10-22-16(21-8-18-25-24-11(2)27-18)6-17(23-10)26-9-12-5-14(12)15-4-3-13(19)7-20-15/h3-4,6-7,12,14H,5,8-9H2,1-2H3,(H,21,22,23)/t12-,14+/m1/s1. The van der Waals surface area contributed by atoms with E-state index < -0.39 is 0 Å². The summed E-state index contributed by atoms with van der Waals surface area (Å²) in [5, 5.41) is 13.3. The molecular formula is C18H19BrN6OS. The van der Waals surface area contributed by atoms with E-state index in [-0.39, 0.29) is 0 Å². The maximum Gasteiger partial charge on any atom is 0.218 e. The summed E-state index contributed by atoms with van der Waals surface area (Å²) in [5.74, 6) is 2.94. The molecule has 0 radical (unpaired) electrons. The van der Waals surface area contributed by atoms with Crippen LogP contribution in [0.15, 0.2) is 28.9 Å². The Bertz CT molecular complexity index is 932. The van der Waals surface area contributed by atoms with E-state index in [1.54, 1.807) is 11.3 Å². The predicted molar refractivity (Wildman–Crippen MR) is 107 cm³/mol. The summed E-state index contributed by atoms with van der Waals surface area (Å²) in [6.45, 7) is 5.02. The lowest BCUT2D eigenvalue weighted by Gasteiger charge is -2.09. The van der Waals surface area contributed by atoms with Gasteiger partial charge in [0.05, 0.1) is 13.2 Å². The molecule has 1 saturated carbocycles. The Labute approximate surface area is 169 Å². The third-order valence-electron chi connectivity index (χ3n) is 4.30. The summed E-state index contributed by atoms with van der Waals surface area (Å²) in [7, 11) is 0. The van der Waals surface area contributed by atoms with Crippen molar-refractivity contribution in [2.75, 3.05) is 11.9 Å². The summed E-state index contributed by atoms with van der Waals surface area (Å²) in [6, 6.07) is 5.93. The number of anilines is 1. The second-order valence-electron chi connectivity index (χ2n) is 6.52. The largest absolute Gasteiger partial charge is 0.477 e. The molecule has 1 fully saturated rings. The fourth-order valence-corrected chi connectivity index (χ4v) is 3.76. The van der Waals surface area contributed by atoms with Crippen LogP contribution >= 0.6 is 27.3 Å². The van der Waals surface area contributed by atoms with E-state index in [1.165, 1.54) is 0 Å². The molecule has 0 bridgehead atoms. The topological polar surface area (TPSA) is 85.7 Å². The number of aromatic nitrogens is 5. The lowest BCUT2D eigenvalue weighted by atomic mass is 10.2. The van der Waals surface area contributed by atoms with Crippen LogP contribution in [0.4, 0.5) is 5.82 Å². The first-order valence-electron chi connectivity index (χ1n) is 8.69. The van der Waals surface area contributed by atoms with Crippen LogP contribution < -0.4 is 10.1 Å². The molecular weight excluding hydrogens is 428 g/mol. The van der Waals surface area contributed by atoms with Crippen LogP contribution in [-0.4, -0.2) is 31.8 Å². The van der Waals surface area contributed by atoms with Gasteiger partial charge < -0.3 is 10.1 Å². The summed E-state index contributed by atoms with van der Waals surface area (Å²) < 4.78 is 6.93. The smallest absolute Gasteiger partial charge is 0.218 e. The molecule has 0 aromatic carbocycles. The molecule has 1 aliphatic rings. The van der Waals surface area contributed by atoms with Gasteiger partial charge >= 0.3 is 0 Å². The average molecular weight is 447 g/mol. The number of halogens is 1. The molecule has 9 heteroatoms. The Kier molecular flexibility index (Phi) is 5.31. The van der Waals surface area contributed by atoms with Gasteiger partial charge in [-0.15, -0.1) is 10.2 Å². The number of ether oxygens (including phenoxy) is 1. The Balaban J connectivity index is 1.32. The van der Waals surface area contributed by atoms with Gasteiger partial charge in [-0.25, -0.2) is 4.98 Å². The van der Waals surface area contributed by atoms with Crippen molar-refractivity contribution < 1.29 is 4.74 Å². The molecule has 7 nitrogen and oxygen atoms in total. The van der Waals surface area contributed by atoms with E-state index in [0.29, 0.717) is 36.7 Å². The highest BCUT2D eigenvalue weighted by Crippen LogP contribution is 2.46. The second-order valence-corrected chi connectivity index (χ2v) is 8.70. The highest BCUT2D eigenvalue weighted by molar-refractivity contribution is 9.10. The molecule has 3 heterocycles. The molecule has 3 aromatic heterocycles. The van der Waals surface area contributed by atoms with Crippen LogP contribution in [0, 0.1) is 19.8 Å². The highest BCUT2D eigenvalue weighted by atomic mass is 79.9. The van der Waals surface area contributed by atoms with E-state index in [9.17, 15) is 0 Å². The number of hydrogen-bond acceptors (Lipinski definition) is 8. The van der Waals surface area contributed by atoms with Crippen LogP contribution in [0.2, 0.25) is 0 Å². The summed E-state index contributed by atoms with van der Waals surface area (Å²) in [5.41, 5.74) is 1.13. The minimum Gasteiger partial charge on any atom is -0.477 e. The van der Waals surface area contributed by atoms with Crippen LogP contribution in [0.5, 0.6) is 5.88 Å². The van der Waals surface area contributed by atoms with E-state index in [0.717, 1.165) is 32.4 Å². The maximum absolute atomic E-state index is 5.93. The Morgan fingerprint density at radius 3 is 2.89 bits per heavy atom. The van der Waals surface area contributed by atoms with E-state index in [2.05, 4.69) is 52.5 Å². The molecule has 0 amide bonds. The van der Waals surface area contributed by atoms with E-state index in [1.807, 2.05) is 32.2 Å². The summed E-state index contributed by atoms with van der Waals surface area (Å²) >= 11 is 4.99. The van der Waals surface area contributed by atoms with Gasteiger partial charge in [0.1, 0.15) is 21.7 Å². The summed E-state index contributed by atoms with van der Waals surface area (Å²) in [6.07, 6.45) is 2.94. The Hall–Kier alpha value is -2.13. The first-order valence-corrected chi connectivity index (χ1v) is 10.3. The monoisotopic (exact) mass is 446 g/mol. The Morgan fingerprint density at radius 1 is 1.26 bits per heavy atom. The Morgan fingerprint density at radius 2 is 2.15 bits per heavy atom. The zero-order chi connectivity index (χ0) is 18.8. The maximum atomic E-state index is 5.93. The number of nitrogens with one attached hydrogen (secondary N) is 1. The van der Waals surface area contributed by atoms with Gasteiger partial charge in [-0.2, -0.15) is 4.98 Å². The first-order chi connectivity index (χ1) is 13.1. The van der Waals surface area contributed by atoms with Crippen molar-refractivity contribution in [2.45, 2.75) is 32.7 Å². The first kappa shape index (κ1) is 18.2. The van der Waals surface area contributed by atoms with Gasteiger partial charge in [0.2, 0.25) is 5.88 Å². The molecule has 0 unspecified atom stereocenters. The quantitative estimate of drug-likeness (QED) is 0.588. The zero-order valence-electron chi connectivity index (χ0n) is 15.0. The van der Waals surface area contributed by atoms with Gasteiger partial charge in [0.15, 0.2) is 0 Å². The molecule has 3 aromatic rings. The van der Waals surface area contributed by atoms with Crippen LogP contribution in [-0.2, 0) is 6.54 Å². The molecule has 27 heavy (non-hydrogen) atoms. The SMILES string of the molecule is Cc1nc(NCc2nnc(C)s2)cc(OC[C@H]2C[C@@H]2c2ccc(Br)cn2)n1. The van der Waals surface area contributed by atoms with Gasteiger partial charge in [0.25, 0.3) is 0 Å². The van der Waals surface area contributed by atoms with Gasteiger partial charge in [-0.1, -0.05) is 11.3 Å². The van der Waals surface area contributed by atoms with Crippen molar-refractivity contribution in [1.29, 1.82) is 0 Å². The second kappa shape index (κ2) is 7.85. The molecule has 1 N–H and O–H groups in total. The van der Waals surface area contributed by atoms with Crippen LogP contribution in [0.1, 0.15) is 33.9 Å². The third kappa shape index (κ3) is 4.78. The summed E-state index contributed by atoms with van der Waals surface area (Å²) in [4.78, 5) is 13.3. The normalized spacial score (nSPS) is 18.3. The van der Waals surface area contributed by atoms with Crippen molar-refractivity contribution in [3.8, 4) is 5.88 Å². The molecule has 2 atom stereocenters. The third-order valence-corrected chi connectivity index (χ3v) is 5.61. The van der Waals surface area contributed by atoms with Gasteiger partial charge in [0, 0.05) is 34.3 Å². The molecule has 0 saturated heterocycles. The lowest BCUT2D eigenvalue weighted by Crippen LogP contribution is -2.07. The number of pyridine rings is 1. The number of aryl methyl sites for hydroxylation is 2. The van der Waals surface area contributed by atoms with E-state index in [4.69, 9.17) is 4.74 Å². The van der Waals surface area contributed by atoms with Crippen molar-refractivity contribution in [1.82, 2.24) is 25.1 Å². The molecule has 4 rings (SSSR count). The number of nitrogens with zero attached hydrogens (tertiary/aromatic N) is 5. The van der Waals surface area contributed by atoms with Gasteiger partial charge in [-0.3, -0.25) is 4.98 Å². The minimum atomic E-state index is 0.472. The molecule has 0 spiro atoms. The van der Waals surface area contributed by atoms with E-state index >= 15 is 0 Å². The van der Waals surface area contributed by atoms with Gasteiger partial charge in [-0.05, 0) is 48.3 Å². The predicted octanol–water partition coefficient (Wildman–Crippen LogP) is 3.90. The average Bonchev–Trinajstić information content (AvgIpc) is 3.30. The fourth-order valence-electron chi connectivity index (χ4n) is 2.87. The number of hydrogen-bond donors (Lipinski definition) is 1. The minimum absolute atomic E-state index is 0.472. The zero-order valence-corrected chi connectivity index (χ0v) is 17.4. The fraction of sp³-hybridized carbons (Fsp3) is 0.389. The van der Waals surface area contributed by atoms with Crippen molar-refractivity contribution in [2.24, 2.45) is 5.92 Å². The lowest BCUT2D eigenvalue weighted by molar-refractivity contribution is 0.284.